The highest BCUT2D eigenvalue weighted by molar-refractivity contribution is 7.11. The van der Waals surface area contributed by atoms with Crippen molar-refractivity contribution in [3.63, 3.8) is 0 Å². The Morgan fingerprint density at radius 3 is 2.42 bits per heavy atom. The monoisotopic (exact) mass is 362 g/mol. The molecule has 4 aromatic rings. The van der Waals surface area contributed by atoms with Crippen molar-refractivity contribution < 1.29 is 4.42 Å². The van der Waals surface area contributed by atoms with Gasteiger partial charge in [0.2, 0.25) is 0 Å². The quantitative estimate of drug-likeness (QED) is 0.368. The highest BCUT2D eigenvalue weighted by Gasteiger charge is 2.26. The van der Waals surface area contributed by atoms with Crippen molar-refractivity contribution in [1.29, 1.82) is 0 Å². The van der Waals surface area contributed by atoms with E-state index >= 15 is 0 Å². The van der Waals surface area contributed by atoms with E-state index in [1.54, 1.807) is 0 Å². The Kier molecular flexibility index (Phi) is 4.00. The minimum Gasteiger partial charge on any atom is -0.468 e. The Morgan fingerprint density at radius 1 is 0.885 bits per heavy atom. The predicted octanol–water partition coefficient (Wildman–Crippen LogP) is 7.47. The number of fused-ring (bicyclic) bond motifs is 2. The van der Waals surface area contributed by atoms with E-state index in [-0.39, 0.29) is 10.8 Å². The lowest BCUT2D eigenvalue weighted by Gasteiger charge is -2.24. The van der Waals surface area contributed by atoms with Crippen LogP contribution >= 0.6 is 11.3 Å². The molecule has 0 fully saturated rings. The van der Waals surface area contributed by atoms with Crippen LogP contribution < -0.4 is 0 Å². The van der Waals surface area contributed by atoms with Crippen LogP contribution in [0.2, 0.25) is 0 Å². The Bertz CT molecular complexity index is 1070. The van der Waals surface area contributed by atoms with Crippen LogP contribution in [0.25, 0.3) is 21.5 Å². The topological polar surface area (TPSA) is 13.1 Å². The van der Waals surface area contributed by atoms with Crippen molar-refractivity contribution in [2.24, 2.45) is 0 Å². The van der Waals surface area contributed by atoms with Gasteiger partial charge in [0.1, 0.15) is 5.76 Å². The number of rotatable bonds is 3. The third-order valence-corrected chi connectivity index (χ3v) is 6.50. The molecule has 134 valence electrons. The highest BCUT2D eigenvalue weighted by atomic mass is 32.1. The van der Waals surface area contributed by atoms with Gasteiger partial charge in [0.25, 0.3) is 0 Å². The molecule has 0 spiro atoms. The first-order chi connectivity index (χ1) is 12.3. The van der Waals surface area contributed by atoms with E-state index in [0.29, 0.717) is 0 Å². The Hall–Kier alpha value is -2.06. The van der Waals surface area contributed by atoms with Crippen molar-refractivity contribution in [2.45, 2.75) is 51.9 Å². The van der Waals surface area contributed by atoms with Gasteiger partial charge in [-0.25, -0.2) is 0 Å². The van der Waals surface area contributed by atoms with Crippen molar-refractivity contribution in [2.75, 3.05) is 0 Å². The molecule has 0 radical (unpaired) electrons. The van der Waals surface area contributed by atoms with E-state index in [4.69, 9.17) is 4.42 Å². The first kappa shape index (κ1) is 17.4. The summed E-state index contributed by atoms with van der Waals surface area (Å²) >= 11 is 1.88. The number of hydrogen-bond acceptors (Lipinski definition) is 2. The molecule has 2 aromatic heterocycles. The van der Waals surface area contributed by atoms with Crippen molar-refractivity contribution >= 4 is 32.9 Å². The number of benzene rings is 2. The first-order valence-corrected chi connectivity index (χ1v) is 10.1. The fourth-order valence-electron chi connectivity index (χ4n) is 3.89. The van der Waals surface area contributed by atoms with Gasteiger partial charge in [0.15, 0.2) is 0 Å². The van der Waals surface area contributed by atoms with Gasteiger partial charge in [0, 0.05) is 26.5 Å². The fourth-order valence-corrected chi connectivity index (χ4v) is 5.04. The third kappa shape index (κ3) is 2.97. The Morgan fingerprint density at radius 2 is 1.65 bits per heavy atom. The van der Waals surface area contributed by atoms with Gasteiger partial charge in [-0.05, 0) is 34.2 Å². The van der Waals surface area contributed by atoms with Gasteiger partial charge in [0.05, 0.1) is 6.26 Å². The molecule has 26 heavy (non-hydrogen) atoms. The summed E-state index contributed by atoms with van der Waals surface area (Å²) in [7, 11) is 0. The Labute approximate surface area is 159 Å². The molecule has 0 bridgehead atoms. The van der Waals surface area contributed by atoms with Gasteiger partial charge in [-0.2, -0.15) is 0 Å². The lowest BCUT2D eigenvalue weighted by molar-refractivity contribution is 0.415. The molecule has 0 aliphatic heterocycles. The minimum atomic E-state index is 0.0137. The van der Waals surface area contributed by atoms with Crippen molar-refractivity contribution in [3.05, 3.63) is 70.3 Å². The molecule has 0 saturated carbocycles. The molecule has 0 aliphatic rings. The summed E-state index contributed by atoms with van der Waals surface area (Å²) < 4.78 is 5.90. The number of thiophene rings is 1. The molecule has 0 aliphatic carbocycles. The van der Waals surface area contributed by atoms with Crippen molar-refractivity contribution in [3.8, 4) is 0 Å². The first-order valence-electron chi connectivity index (χ1n) is 9.23. The molecule has 2 heteroatoms. The third-order valence-electron chi connectivity index (χ3n) is 5.12. The molecule has 0 N–H and O–H groups in total. The second-order valence-corrected chi connectivity index (χ2v) is 9.83. The average Bonchev–Trinajstić information content (AvgIpc) is 3.18. The van der Waals surface area contributed by atoms with E-state index < -0.39 is 0 Å². The zero-order chi connectivity index (χ0) is 18.5. The highest BCUT2D eigenvalue weighted by Crippen LogP contribution is 2.39. The Balaban J connectivity index is 1.74. The van der Waals surface area contributed by atoms with Crippen LogP contribution in [0.5, 0.6) is 0 Å². The summed E-state index contributed by atoms with van der Waals surface area (Å²) in [5.74, 6) is 1.08. The lowest BCUT2D eigenvalue weighted by Crippen LogP contribution is -2.19. The van der Waals surface area contributed by atoms with Crippen LogP contribution in [0, 0.1) is 0 Å². The second kappa shape index (κ2) is 5.99. The summed E-state index contributed by atoms with van der Waals surface area (Å²) in [6.07, 6.45) is 2.90. The molecule has 0 unspecified atom stereocenters. The normalized spacial score (nSPS) is 13.0. The largest absolute Gasteiger partial charge is 0.468 e. The van der Waals surface area contributed by atoms with Gasteiger partial charge in [-0.15, -0.1) is 11.3 Å². The summed E-state index contributed by atoms with van der Waals surface area (Å²) in [6, 6.07) is 15.5. The summed E-state index contributed by atoms with van der Waals surface area (Å²) in [6.45, 7) is 11.3. The van der Waals surface area contributed by atoms with Gasteiger partial charge >= 0.3 is 0 Å². The van der Waals surface area contributed by atoms with Gasteiger partial charge < -0.3 is 4.42 Å². The molecule has 2 aromatic carbocycles. The number of hydrogen-bond donors (Lipinski definition) is 0. The van der Waals surface area contributed by atoms with E-state index in [9.17, 15) is 0 Å². The minimum absolute atomic E-state index is 0.0137. The van der Waals surface area contributed by atoms with Crippen LogP contribution in [0.4, 0.5) is 0 Å². The zero-order valence-corrected chi connectivity index (χ0v) is 17.0. The SMILES string of the molecule is CC(C)(C)c1occ2ccc(CC(C)(C)c3scc4ccccc34)cc12. The molecule has 0 saturated heterocycles. The van der Waals surface area contributed by atoms with E-state index in [1.807, 2.05) is 17.6 Å². The van der Waals surface area contributed by atoms with Crippen LogP contribution in [0.3, 0.4) is 0 Å². The molecule has 2 heterocycles. The standard InChI is InChI=1S/C24H26OS/c1-23(2,3)21-20-12-16(10-11-17(20)14-25-21)13-24(4,5)22-19-9-7-6-8-18(19)15-26-22/h6-12,14-15H,13H2,1-5H3. The van der Waals surface area contributed by atoms with Gasteiger partial charge in [-0.1, -0.05) is 71.0 Å². The molecule has 1 nitrogen and oxygen atoms in total. The maximum atomic E-state index is 5.90. The summed E-state index contributed by atoms with van der Waals surface area (Å²) in [5, 5.41) is 7.46. The summed E-state index contributed by atoms with van der Waals surface area (Å²) in [4.78, 5) is 1.47. The van der Waals surface area contributed by atoms with E-state index in [1.165, 1.54) is 32.0 Å². The second-order valence-electron chi connectivity index (χ2n) is 8.95. The zero-order valence-electron chi connectivity index (χ0n) is 16.2. The fraction of sp³-hybridized carbons (Fsp3) is 0.333. The smallest absolute Gasteiger partial charge is 0.116 e. The van der Waals surface area contributed by atoms with E-state index in [0.717, 1.165) is 12.2 Å². The van der Waals surface area contributed by atoms with Gasteiger partial charge in [-0.3, -0.25) is 0 Å². The number of furan rings is 1. The van der Waals surface area contributed by atoms with Crippen molar-refractivity contribution in [1.82, 2.24) is 0 Å². The molecule has 0 amide bonds. The lowest BCUT2D eigenvalue weighted by atomic mass is 9.82. The molecule has 4 rings (SSSR count). The summed E-state index contributed by atoms with van der Waals surface area (Å²) in [5.41, 5.74) is 1.47. The molecular weight excluding hydrogens is 336 g/mol. The maximum Gasteiger partial charge on any atom is 0.116 e. The van der Waals surface area contributed by atoms with Crippen LogP contribution in [0.15, 0.2) is 58.5 Å². The van der Waals surface area contributed by atoms with Crippen LogP contribution in [-0.2, 0) is 17.3 Å². The van der Waals surface area contributed by atoms with Crippen LogP contribution in [0.1, 0.15) is 50.8 Å². The molecular formula is C24H26OS. The van der Waals surface area contributed by atoms with Crippen LogP contribution in [-0.4, -0.2) is 0 Å². The average molecular weight is 363 g/mol. The van der Waals surface area contributed by atoms with E-state index in [2.05, 4.69) is 82.5 Å². The predicted molar refractivity (Wildman–Crippen MR) is 113 cm³/mol. The maximum absolute atomic E-state index is 5.90. The molecule has 0 atom stereocenters.